The standard InChI is InChI=1S/C17H20BrNO2/c1-11(15-9-8-14(20)10-16(15)21)19-17(2,3)12-4-6-13(18)7-5-12/h4-11,19-21H,1-3H3. The Balaban J connectivity index is 2.21. The molecule has 2 rings (SSSR count). The van der Waals surface area contributed by atoms with Gasteiger partial charge in [0.15, 0.2) is 0 Å². The highest BCUT2D eigenvalue weighted by atomic mass is 79.9. The van der Waals surface area contributed by atoms with Gasteiger partial charge in [0.2, 0.25) is 0 Å². The second-order valence-electron chi connectivity index (χ2n) is 5.74. The summed E-state index contributed by atoms with van der Waals surface area (Å²) in [6, 6.07) is 12.8. The maximum Gasteiger partial charge on any atom is 0.124 e. The normalized spacial score (nSPS) is 13.1. The second kappa shape index (κ2) is 6.08. The smallest absolute Gasteiger partial charge is 0.124 e. The molecule has 0 bridgehead atoms. The highest BCUT2D eigenvalue weighted by molar-refractivity contribution is 9.10. The number of phenolic OH excluding ortho intramolecular Hbond substituents is 2. The summed E-state index contributed by atoms with van der Waals surface area (Å²) >= 11 is 3.44. The molecule has 0 aliphatic rings. The summed E-state index contributed by atoms with van der Waals surface area (Å²) in [7, 11) is 0. The zero-order chi connectivity index (χ0) is 15.6. The molecule has 112 valence electrons. The summed E-state index contributed by atoms with van der Waals surface area (Å²) in [6.45, 7) is 6.20. The van der Waals surface area contributed by atoms with Gasteiger partial charge in [0, 0.05) is 27.7 Å². The molecule has 2 aromatic carbocycles. The molecule has 2 aromatic rings. The van der Waals surface area contributed by atoms with Crippen molar-refractivity contribution in [2.24, 2.45) is 0 Å². The molecule has 3 N–H and O–H groups in total. The number of aromatic hydroxyl groups is 2. The van der Waals surface area contributed by atoms with Crippen LogP contribution in [0.3, 0.4) is 0 Å². The van der Waals surface area contributed by atoms with Gasteiger partial charge in [0.05, 0.1) is 0 Å². The number of benzene rings is 2. The highest BCUT2D eigenvalue weighted by Crippen LogP contribution is 2.31. The van der Waals surface area contributed by atoms with E-state index < -0.39 is 0 Å². The van der Waals surface area contributed by atoms with Crippen molar-refractivity contribution < 1.29 is 10.2 Å². The lowest BCUT2D eigenvalue weighted by molar-refractivity contribution is 0.349. The number of nitrogens with one attached hydrogen (secondary N) is 1. The fraction of sp³-hybridized carbons (Fsp3) is 0.294. The van der Waals surface area contributed by atoms with Gasteiger partial charge in [0.25, 0.3) is 0 Å². The van der Waals surface area contributed by atoms with E-state index in [9.17, 15) is 10.2 Å². The number of halogens is 1. The maximum absolute atomic E-state index is 9.96. The molecule has 0 fully saturated rings. The second-order valence-corrected chi connectivity index (χ2v) is 6.66. The lowest BCUT2D eigenvalue weighted by atomic mass is 9.92. The van der Waals surface area contributed by atoms with Gasteiger partial charge >= 0.3 is 0 Å². The maximum atomic E-state index is 9.96. The van der Waals surface area contributed by atoms with Gasteiger partial charge in [-0.1, -0.05) is 34.1 Å². The summed E-state index contributed by atoms with van der Waals surface area (Å²) in [4.78, 5) is 0. The van der Waals surface area contributed by atoms with Crippen molar-refractivity contribution in [2.45, 2.75) is 32.4 Å². The van der Waals surface area contributed by atoms with Crippen molar-refractivity contribution in [3.05, 3.63) is 58.1 Å². The van der Waals surface area contributed by atoms with Gasteiger partial charge < -0.3 is 15.5 Å². The molecule has 3 nitrogen and oxygen atoms in total. The number of phenols is 2. The van der Waals surface area contributed by atoms with Crippen LogP contribution in [-0.4, -0.2) is 10.2 Å². The Morgan fingerprint density at radius 2 is 1.67 bits per heavy atom. The summed E-state index contributed by atoms with van der Waals surface area (Å²) < 4.78 is 1.05. The van der Waals surface area contributed by atoms with Gasteiger partial charge in [0.1, 0.15) is 11.5 Å². The first-order valence-electron chi connectivity index (χ1n) is 6.85. The zero-order valence-corrected chi connectivity index (χ0v) is 14.0. The van der Waals surface area contributed by atoms with E-state index in [0.717, 1.165) is 15.6 Å². The van der Waals surface area contributed by atoms with Crippen molar-refractivity contribution in [1.82, 2.24) is 5.32 Å². The van der Waals surface area contributed by atoms with Crippen molar-refractivity contribution in [1.29, 1.82) is 0 Å². The molecule has 1 atom stereocenters. The molecule has 0 aromatic heterocycles. The molecular weight excluding hydrogens is 330 g/mol. The third-order valence-corrected chi connectivity index (χ3v) is 4.15. The van der Waals surface area contributed by atoms with E-state index in [0.29, 0.717) is 0 Å². The van der Waals surface area contributed by atoms with Crippen molar-refractivity contribution >= 4 is 15.9 Å². The SMILES string of the molecule is CC(NC(C)(C)c1ccc(Br)cc1)c1ccc(O)cc1O. The van der Waals surface area contributed by atoms with Crippen LogP contribution >= 0.6 is 15.9 Å². The third-order valence-electron chi connectivity index (χ3n) is 3.62. The van der Waals surface area contributed by atoms with Crippen LogP contribution in [0.5, 0.6) is 11.5 Å². The average Bonchev–Trinajstić information content (AvgIpc) is 2.38. The zero-order valence-electron chi connectivity index (χ0n) is 12.4. The third kappa shape index (κ3) is 3.77. The molecule has 21 heavy (non-hydrogen) atoms. The van der Waals surface area contributed by atoms with Crippen LogP contribution in [0.15, 0.2) is 46.9 Å². The van der Waals surface area contributed by atoms with E-state index in [2.05, 4.69) is 47.2 Å². The molecule has 0 aliphatic carbocycles. The largest absolute Gasteiger partial charge is 0.508 e. The van der Waals surface area contributed by atoms with Crippen molar-refractivity contribution in [3.8, 4) is 11.5 Å². The van der Waals surface area contributed by atoms with Gasteiger partial charge in [-0.25, -0.2) is 0 Å². The summed E-state index contributed by atoms with van der Waals surface area (Å²) in [5.74, 6) is 0.164. The molecule has 0 radical (unpaired) electrons. The molecule has 0 heterocycles. The van der Waals surface area contributed by atoms with E-state index in [-0.39, 0.29) is 23.1 Å². The van der Waals surface area contributed by atoms with E-state index in [1.54, 1.807) is 12.1 Å². The first kappa shape index (κ1) is 15.9. The fourth-order valence-corrected chi connectivity index (χ4v) is 2.73. The Morgan fingerprint density at radius 1 is 1.05 bits per heavy atom. The molecule has 4 heteroatoms. The van der Waals surface area contributed by atoms with Crippen LogP contribution in [0.25, 0.3) is 0 Å². The molecule has 0 saturated carbocycles. The van der Waals surface area contributed by atoms with Crippen LogP contribution in [0.4, 0.5) is 0 Å². The van der Waals surface area contributed by atoms with E-state index in [4.69, 9.17) is 0 Å². The molecule has 0 aliphatic heterocycles. The quantitative estimate of drug-likeness (QED) is 0.764. The number of rotatable bonds is 4. The van der Waals surface area contributed by atoms with Crippen LogP contribution in [0, 0.1) is 0 Å². The Bertz CT molecular complexity index is 623. The highest BCUT2D eigenvalue weighted by Gasteiger charge is 2.24. The van der Waals surface area contributed by atoms with Gasteiger partial charge in [-0.05, 0) is 44.5 Å². The summed E-state index contributed by atoms with van der Waals surface area (Å²) in [5.41, 5.74) is 1.68. The average molecular weight is 350 g/mol. The molecule has 0 spiro atoms. The Kier molecular flexibility index (Phi) is 4.59. The Morgan fingerprint density at radius 3 is 2.24 bits per heavy atom. The van der Waals surface area contributed by atoms with Crippen molar-refractivity contribution in [2.75, 3.05) is 0 Å². The lowest BCUT2D eigenvalue weighted by Gasteiger charge is -2.31. The Labute approximate surface area is 133 Å². The predicted octanol–water partition coefficient (Wildman–Crippen LogP) is 4.45. The molecule has 0 saturated heterocycles. The lowest BCUT2D eigenvalue weighted by Crippen LogP contribution is -2.38. The van der Waals surface area contributed by atoms with E-state index in [1.807, 2.05) is 19.1 Å². The predicted molar refractivity (Wildman–Crippen MR) is 88.5 cm³/mol. The van der Waals surface area contributed by atoms with Gasteiger partial charge in [-0.3, -0.25) is 0 Å². The first-order valence-corrected chi connectivity index (χ1v) is 7.64. The van der Waals surface area contributed by atoms with E-state index >= 15 is 0 Å². The van der Waals surface area contributed by atoms with Crippen molar-refractivity contribution in [3.63, 3.8) is 0 Å². The monoisotopic (exact) mass is 349 g/mol. The number of hydrogen-bond acceptors (Lipinski definition) is 3. The topological polar surface area (TPSA) is 52.5 Å². The first-order chi connectivity index (χ1) is 9.79. The summed E-state index contributed by atoms with van der Waals surface area (Å²) in [5, 5.41) is 22.8. The minimum atomic E-state index is -0.246. The summed E-state index contributed by atoms with van der Waals surface area (Å²) in [6.07, 6.45) is 0. The van der Waals surface area contributed by atoms with Gasteiger partial charge in [-0.2, -0.15) is 0 Å². The minimum Gasteiger partial charge on any atom is -0.508 e. The minimum absolute atomic E-state index is 0.0516. The molecule has 0 amide bonds. The van der Waals surface area contributed by atoms with Crippen LogP contribution < -0.4 is 5.32 Å². The Hall–Kier alpha value is -1.52. The van der Waals surface area contributed by atoms with Crippen LogP contribution in [0.2, 0.25) is 0 Å². The molecule has 1 unspecified atom stereocenters. The molecular formula is C17H20BrNO2. The fourth-order valence-electron chi connectivity index (χ4n) is 2.47. The van der Waals surface area contributed by atoms with E-state index in [1.165, 1.54) is 6.07 Å². The number of hydrogen-bond donors (Lipinski definition) is 3. The van der Waals surface area contributed by atoms with Crippen LogP contribution in [0.1, 0.15) is 37.9 Å². The van der Waals surface area contributed by atoms with Gasteiger partial charge in [-0.15, -0.1) is 0 Å². The van der Waals surface area contributed by atoms with Crippen LogP contribution in [-0.2, 0) is 5.54 Å².